The number of thiazole rings is 1. The third kappa shape index (κ3) is 4.17. The number of Topliss-reactive ketones (excluding diaryl/α,β-unsaturated/α-hetero) is 1. The number of ketones is 1. The van der Waals surface area contributed by atoms with Crippen molar-refractivity contribution in [2.45, 2.75) is 13.5 Å². The van der Waals surface area contributed by atoms with Gasteiger partial charge in [-0.2, -0.15) is 0 Å². The van der Waals surface area contributed by atoms with Gasteiger partial charge in [0, 0.05) is 23.5 Å². The molecule has 0 fully saturated rings. The molecule has 7 nitrogen and oxygen atoms in total. The van der Waals surface area contributed by atoms with Gasteiger partial charge in [0.25, 0.3) is 5.91 Å². The van der Waals surface area contributed by atoms with E-state index in [4.69, 9.17) is 14.5 Å². The lowest BCUT2D eigenvalue weighted by atomic mass is 10.1. The highest BCUT2D eigenvalue weighted by molar-refractivity contribution is 7.22. The zero-order chi connectivity index (χ0) is 22.7. The lowest BCUT2D eigenvalue weighted by molar-refractivity contribution is 0.0981. The molecular weight excluding hydrogens is 426 g/mol. The van der Waals surface area contributed by atoms with Crippen molar-refractivity contribution in [2.75, 3.05) is 19.1 Å². The molecule has 0 saturated carbocycles. The number of benzene rings is 2. The predicted molar refractivity (Wildman–Crippen MR) is 124 cm³/mol. The Kier molecular flexibility index (Phi) is 6.13. The van der Waals surface area contributed by atoms with E-state index < -0.39 is 0 Å². The molecule has 0 saturated heterocycles. The number of anilines is 1. The quantitative estimate of drug-likeness (QED) is 0.380. The minimum atomic E-state index is -0.228. The van der Waals surface area contributed by atoms with Crippen LogP contribution in [0.15, 0.2) is 60.9 Å². The fourth-order valence-corrected chi connectivity index (χ4v) is 4.36. The van der Waals surface area contributed by atoms with Gasteiger partial charge in [0.05, 0.1) is 20.8 Å². The van der Waals surface area contributed by atoms with Gasteiger partial charge in [-0.25, -0.2) is 4.98 Å². The molecule has 2 aromatic carbocycles. The van der Waals surface area contributed by atoms with E-state index in [2.05, 4.69) is 4.98 Å². The summed E-state index contributed by atoms with van der Waals surface area (Å²) in [7, 11) is 3.17. The highest BCUT2D eigenvalue weighted by Gasteiger charge is 2.24. The first-order valence-corrected chi connectivity index (χ1v) is 10.7. The normalized spacial score (nSPS) is 10.7. The maximum absolute atomic E-state index is 13.5. The zero-order valence-electron chi connectivity index (χ0n) is 17.9. The van der Waals surface area contributed by atoms with E-state index in [1.165, 1.54) is 18.3 Å². The molecule has 1 amide bonds. The van der Waals surface area contributed by atoms with Crippen molar-refractivity contribution in [2.24, 2.45) is 0 Å². The van der Waals surface area contributed by atoms with Crippen LogP contribution in [0.4, 0.5) is 5.13 Å². The molecule has 0 unspecified atom stereocenters. The van der Waals surface area contributed by atoms with Crippen molar-refractivity contribution in [3.05, 3.63) is 77.6 Å². The number of ether oxygens (including phenoxy) is 2. The molecule has 4 rings (SSSR count). The second-order valence-electron chi connectivity index (χ2n) is 7.02. The van der Waals surface area contributed by atoms with Gasteiger partial charge >= 0.3 is 0 Å². The second kappa shape index (κ2) is 9.15. The van der Waals surface area contributed by atoms with Crippen LogP contribution >= 0.6 is 11.3 Å². The van der Waals surface area contributed by atoms with Crippen LogP contribution in [-0.4, -0.2) is 35.9 Å². The Balaban J connectivity index is 1.80. The van der Waals surface area contributed by atoms with E-state index in [1.807, 2.05) is 18.2 Å². The molecule has 4 aromatic rings. The van der Waals surface area contributed by atoms with E-state index in [0.29, 0.717) is 39.8 Å². The first kappa shape index (κ1) is 21.5. The molecular formula is C24H21N3O4S. The smallest absolute Gasteiger partial charge is 0.260 e. The van der Waals surface area contributed by atoms with Crippen molar-refractivity contribution in [1.82, 2.24) is 9.97 Å². The zero-order valence-corrected chi connectivity index (χ0v) is 18.7. The van der Waals surface area contributed by atoms with Gasteiger partial charge in [0.2, 0.25) is 0 Å². The molecule has 0 atom stereocenters. The number of fused-ring (bicyclic) bond motifs is 1. The molecule has 0 N–H and O–H groups in total. The van der Waals surface area contributed by atoms with Gasteiger partial charge in [0.1, 0.15) is 21.7 Å². The van der Waals surface area contributed by atoms with Crippen LogP contribution in [0.5, 0.6) is 11.5 Å². The summed E-state index contributed by atoms with van der Waals surface area (Å²) >= 11 is 1.36. The van der Waals surface area contributed by atoms with Crippen LogP contribution in [0, 0.1) is 0 Å². The average molecular weight is 448 g/mol. The van der Waals surface area contributed by atoms with E-state index in [-0.39, 0.29) is 11.7 Å². The van der Waals surface area contributed by atoms with E-state index in [9.17, 15) is 9.59 Å². The fourth-order valence-electron chi connectivity index (χ4n) is 3.29. The van der Waals surface area contributed by atoms with Crippen LogP contribution in [0.25, 0.3) is 10.2 Å². The highest BCUT2D eigenvalue weighted by atomic mass is 32.1. The molecule has 0 aliphatic heterocycles. The number of nitrogens with zero attached hydrogens (tertiary/aromatic N) is 3. The summed E-state index contributed by atoms with van der Waals surface area (Å²) in [4.78, 5) is 35.6. The minimum absolute atomic E-state index is 0.0528. The number of hydrogen-bond acceptors (Lipinski definition) is 7. The molecule has 0 aliphatic carbocycles. The van der Waals surface area contributed by atoms with Crippen molar-refractivity contribution in [3.63, 3.8) is 0 Å². The topological polar surface area (TPSA) is 81.6 Å². The molecule has 0 spiro atoms. The summed E-state index contributed by atoms with van der Waals surface area (Å²) in [6.07, 6.45) is 3.37. The molecule has 0 aliphatic rings. The summed E-state index contributed by atoms with van der Waals surface area (Å²) in [6, 6.07) is 14.0. The number of amides is 1. The average Bonchev–Trinajstić information content (AvgIpc) is 3.27. The highest BCUT2D eigenvalue weighted by Crippen LogP contribution is 2.40. The van der Waals surface area contributed by atoms with E-state index >= 15 is 0 Å². The minimum Gasteiger partial charge on any atom is -0.495 e. The second-order valence-corrected chi connectivity index (χ2v) is 8.00. The third-order valence-corrected chi connectivity index (χ3v) is 6.10. The van der Waals surface area contributed by atoms with Crippen LogP contribution in [0.2, 0.25) is 0 Å². The molecule has 32 heavy (non-hydrogen) atoms. The number of hydrogen-bond donors (Lipinski definition) is 0. The molecule has 8 heteroatoms. The Morgan fingerprint density at radius 2 is 1.53 bits per heavy atom. The fraction of sp³-hybridized carbons (Fsp3) is 0.167. The predicted octanol–water partition coefficient (Wildman–Crippen LogP) is 4.76. The van der Waals surface area contributed by atoms with Crippen molar-refractivity contribution in [3.8, 4) is 11.5 Å². The number of rotatable bonds is 7. The lowest BCUT2D eigenvalue weighted by Gasteiger charge is -2.20. The van der Waals surface area contributed by atoms with Gasteiger partial charge in [0.15, 0.2) is 10.9 Å². The Labute approximate surface area is 189 Å². The van der Waals surface area contributed by atoms with Gasteiger partial charge in [-0.3, -0.25) is 19.5 Å². The summed E-state index contributed by atoms with van der Waals surface area (Å²) in [5.41, 5.74) is 2.55. The van der Waals surface area contributed by atoms with Crippen molar-refractivity contribution < 1.29 is 19.1 Å². The number of methoxy groups -OCH3 is 2. The third-order valence-electron chi connectivity index (χ3n) is 5.00. The Bertz CT molecular complexity index is 1230. The first-order chi connectivity index (χ1) is 15.5. The molecule has 0 radical (unpaired) electrons. The molecule has 2 heterocycles. The molecule has 2 aromatic heterocycles. The van der Waals surface area contributed by atoms with Gasteiger partial charge in [-0.05, 0) is 48.9 Å². The monoisotopic (exact) mass is 447 g/mol. The standard InChI is InChI=1S/C24H21N3O4S/c1-15(28)17-4-6-18(7-5-17)23(29)27(14-16-10-12-25-13-11-16)24-26-21-19(30-2)8-9-20(31-3)22(21)32-24/h4-13H,14H2,1-3H3. The maximum atomic E-state index is 13.5. The number of carbonyl (C=O) groups is 2. The van der Waals surface area contributed by atoms with Crippen LogP contribution in [0.3, 0.4) is 0 Å². The van der Waals surface area contributed by atoms with E-state index in [0.717, 1.165) is 10.3 Å². The summed E-state index contributed by atoms with van der Waals surface area (Å²) in [5.74, 6) is 0.981. The largest absolute Gasteiger partial charge is 0.495 e. The summed E-state index contributed by atoms with van der Waals surface area (Å²) in [6.45, 7) is 1.80. The summed E-state index contributed by atoms with van der Waals surface area (Å²) in [5, 5.41) is 0.514. The summed E-state index contributed by atoms with van der Waals surface area (Å²) < 4.78 is 11.7. The number of carbonyl (C=O) groups excluding carboxylic acids is 2. The molecule has 0 bridgehead atoms. The molecule has 162 valence electrons. The number of aromatic nitrogens is 2. The lowest BCUT2D eigenvalue weighted by Crippen LogP contribution is -2.30. The van der Waals surface area contributed by atoms with Crippen molar-refractivity contribution >= 4 is 38.4 Å². The Morgan fingerprint density at radius 1 is 0.906 bits per heavy atom. The van der Waals surface area contributed by atoms with Gasteiger partial charge in [-0.15, -0.1) is 0 Å². The Morgan fingerprint density at radius 3 is 2.16 bits per heavy atom. The number of pyridine rings is 1. The van der Waals surface area contributed by atoms with Gasteiger partial charge in [-0.1, -0.05) is 23.5 Å². The van der Waals surface area contributed by atoms with Crippen LogP contribution < -0.4 is 14.4 Å². The van der Waals surface area contributed by atoms with Gasteiger partial charge < -0.3 is 9.47 Å². The SMILES string of the molecule is COc1ccc(OC)c2sc(N(Cc3ccncc3)C(=O)c3ccc(C(C)=O)cc3)nc12. The maximum Gasteiger partial charge on any atom is 0.260 e. The van der Waals surface area contributed by atoms with Crippen LogP contribution in [0.1, 0.15) is 33.2 Å². The Hall–Kier alpha value is -3.78. The first-order valence-electron chi connectivity index (χ1n) is 9.85. The van der Waals surface area contributed by atoms with Crippen LogP contribution in [-0.2, 0) is 6.54 Å². The van der Waals surface area contributed by atoms with Crippen molar-refractivity contribution in [1.29, 1.82) is 0 Å². The van der Waals surface area contributed by atoms with E-state index in [1.54, 1.807) is 61.8 Å².